The predicted molar refractivity (Wildman–Crippen MR) is 121 cm³/mol. The second-order valence-corrected chi connectivity index (χ2v) is 8.96. The number of nitriles is 1. The first-order chi connectivity index (χ1) is 17.0. The molecule has 11 heteroatoms. The first-order valence-electron chi connectivity index (χ1n) is 11.1. The van der Waals surface area contributed by atoms with E-state index in [1.54, 1.807) is 38.1 Å². The van der Waals surface area contributed by atoms with E-state index in [1.807, 2.05) is 6.92 Å². The molecule has 0 aliphatic carbocycles. The Morgan fingerprint density at radius 3 is 2.67 bits per heavy atom. The quantitative estimate of drug-likeness (QED) is 0.457. The van der Waals surface area contributed by atoms with Crippen molar-refractivity contribution < 1.29 is 31.9 Å². The number of halogens is 3. The number of rotatable bonds is 7. The normalized spacial score (nSPS) is 17.2. The number of hydrogen-bond acceptors (Lipinski definition) is 7. The summed E-state index contributed by atoms with van der Waals surface area (Å²) in [5, 5.41) is 17.1. The van der Waals surface area contributed by atoms with Gasteiger partial charge in [0, 0.05) is 17.5 Å². The standard InChI is InChI=1S/C25H23F3N4O4/c1-4-34-17-7-5-6-15(10-17)22-31-30-20(36-22)13-32-14-24(2,3)21(23(32)33)35-18-9-8-16(12-29)19(11-18)25(26,27)28/h5-11,21H,4,13-14H2,1-3H3. The largest absolute Gasteiger partial charge is 0.494 e. The number of nitrogens with zero attached hydrogens (tertiary/aromatic N) is 4. The van der Waals surface area contributed by atoms with E-state index in [9.17, 15) is 18.0 Å². The molecule has 3 aromatic rings. The molecule has 2 heterocycles. The summed E-state index contributed by atoms with van der Waals surface area (Å²) < 4.78 is 57.0. The fraction of sp³-hybridized carbons (Fsp3) is 0.360. The van der Waals surface area contributed by atoms with Gasteiger partial charge >= 0.3 is 6.18 Å². The topological polar surface area (TPSA) is 101 Å². The second-order valence-electron chi connectivity index (χ2n) is 8.96. The van der Waals surface area contributed by atoms with Crippen LogP contribution in [0.15, 0.2) is 46.9 Å². The number of alkyl halides is 3. The van der Waals surface area contributed by atoms with Crippen LogP contribution in [-0.2, 0) is 17.5 Å². The molecule has 1 saturated heterocycles. The molecule has 188 valence electrons. The van der Waals surface area contributed by atoms with Gasteiger partial charge in [0.05, 0.1) is 30.3 Å². The molecule has 36 heavy (non-hydrogen) atoms. The molecule has 4 rings (SSSR count). The minimum atomic E-state index is -4.73. The summed E-state index contributed by atoms with van der Waals surface area (Å²) in [5.74, 6) is 0.555. The Kier molecular flexibility index (Phi) is 6.63. The lowest BCUT2D eigenvalue weighted by Gasteiger charge is -2.24. The number of benzene rings is 2. The Morgan fingerprint density at radius 2 is 1.97 bits per heavy atom. The Labute approximate surface area is 205 Å². The number of carbonyl (C=O) groups excluding carboxylic acids is 1. The molecule has 0 spiro atoms. The molecule has 2 aromatic carbocycles. The summed E-state index contributed by atoms with van der Waals surface area (Å²) in [4.78, 5) is 14.6. The van der Waals surface area contributed by atoms with E-state index in [1.165, 1.54) is 17.0 Å². The SMILES string of the molecule is CCOc1cccc(-c2nnc(CN3CC(C)(C)C(Oc4ccc(C#N)c(C(F)(F)F)c4)C3=O)o2)c1. The van der Waals surface area contributed by atoms with Crippen molar-refractivity contribution in [3.05, 3.63) is 59.5 Å². The van der Waals surface area contributed by atoms with E-state index in [2.05, 4.69) is 10.2 Å². The summed E-state index contributed by atoms with van der Waals surface area (Å²) in [6.45, 7) is 6.22. The summed E-state index contributed by atoms with van der Waals surface area (Å²) in [6, 6.07) is 11.7. The molecule has 0 N–H and O–H groups in total. The van der Waals surface area contributed by atoms with E-state index in [0.29, 0.717) is 17.9 Å². The maximum absolute atomic E-state index is 13.3. The lowest BCUT2D eigenvalue weighted by Crippen LogP contribution is -2.36. The minimum absolute atomic E-state index is 0.0153. The van der Waals surface area contributed by atoms with Crippen LogP contribution in [0.25, 0.3) is 11.5 Å². The van der Waals surface area contributed by atoms with Gasteiger partial charge in [0.15, 0.2) is 6.10 Å². The molecule has 1 aromatic heterocycles. The van der Waals surface area contributed by atoms with Gasteiger partial charge in [-0.05, 0) is 43.3 Å². The molecular weight excluding hydrogens is 477 g/mol. The van der Waals surface area contributed by atoms with Crippen molar-refractivity contribution in [1.29, 1.82) is 5.26 Å². The molecule has 0 radical (unpaired) electrons. The van der Waals surface area contributed by atoms with Crippen molar-refractivity contribution >= 4 is 5.91 Å². The molecule has 1 aliphatic rings. The molecule has 1 aliphatic heterocycles. The van der Waals surface area contributed by atoms with E-state index >= 15 is 0 Å². The number of ether oxygens (including phenoxy) is 2. The monoisotopic (exact) mass is 500 g/mol. The van der Waals surface area contributed by atoms with Gasteiger partial charge in [-0.25, -0.2) is 0 Å². The molecule has 1 fully saturated rings. The maximum atomic E-state index is 13.3. The van der Waals surface area contributed by atoms with Gasteiger partial charge in [0.2, 0.25) is 11.8 Å². The summed E-state index contributed by atoms with van der Waals surface area (Å²) in [5.41, 5.74) is -1.70. The molecular formula is C25H23F3N4O4. The van der Waals surface area contributed by atoms with Crippen LogP contribution in [0.4, 0.5) is 13.2 Å². The molecule has 8 nitrogen and oxygen atoms in total. The molecule has 0 bridgehead atoms. The highest BCUT2D eigenvalue weighted by atomic mass is 19.4. The van der Waals surface area contributed by atoms with Crippen LogP contribution in [-0.4, -0.2) is 40.3 Å². The fourth-order valence-corrected chi connectivity index (χ4v) is 4.04. The minimum Gasteiger partial charge on any atom is -0.494 e. The van der Waals surface area contributed by atoms with Crippen LogP contribution in [0.5, 0.6) is 11.5 Å². The number of hydrogen-bond donors (Lipinski definition) is 0. The van der Waals surface area contributed by atoms with Crippen LogP contribution in [0, 0.1) is 16.7 Å². The van der Waals surface area contributed by atoms with Gasteiger partial charge < -0.3 is 18.8 Å². The third kappa shape index (κ3) is 5.12. The Bertz CT molecular complexity index is 1310. The van der Waals surface area contributed by atoms with Crippen molar-refractivity contribution in [1.82, 2.24) is 15.1 Å². The van der Waals surface area contributed by atoms with E-state index in [-0.39, 0.29) is 30.6 Å². The van der Waals surface area contributed by atoms with Crippen LogP contribution >= 0.6 is 0 Å². The maximum Gasteiger partial charge on any atom is 0.417 e. The average Bonchev–Trinajstić information content (AvgIpc) is 3.37. The Balaban J connectivity index is 1.50. The van der Waals surface area contributed by atoms with Gasteiger partial charge in [-0.1, -0.05) is 19.9 Å². The first kappa shape index (κ1) is 25.0. The number of carbonyl (C=O) groups is 1. The lowest BCUT2D eigenvalue weighted by atomic mass is 9.89. The highest BCUT2D eigenvalue weighted by molar-refractivity contribution is 5.84. The molecule has 1 amide bonds. The van der Waals surface area contributed by atoms with Crippen molar-refractivity contribution in [2.24, 2.45) is 5.41 Å². The zero-order valence-electron chi connectivity index (χ0n) is 19.8. The van der Waals surface area contributed by atoms with E-state index < -0.39 is 34.7 Å². The lowest BCUT2D eigenvalue weighted by molar-refractivity contribution is -0.138. The van der Waals surface area contributed by atoms with Gasteiger partial charge in [0.25, 0.3) is 5.91 Å². The zero-order valence-corrected chi connectivity index (χ0v) is 19.8. The zero-order chi connectivity index (χ0) is 26.1. The Hall–Kier alpha value is -4.07. The highest BCUT2D eigenvalue weighted by Crippen LogP contribution is 2.38. The third-order valence-corrected chi connectivity index (χ3v) is 5.70. The molecule has 1 atom stereocenters. The summed E-state index contributed by atoms with van der Waals surface area (Å²) in [6.07, 6.45) is -5.78. The predicted octanol–water partition coefficient (Wildman–Crippen LogP) is 4.84. The summed E-state index contributed by atoms with van der Waals surface area (Å²) in [7, 11) is 0. The van der Waals surface area contributed by atoms with Crippen LogP contribution in [0.2, 0.25) is 0 Å². The van der Waals surface area contributed by atoms with Crippen LogP contribution < -0.4 is 9.47 Å². The van der Waals surface area contributed by atoms with Gasteiger partial charge in [0.1, 0.15) is 11.5 Å². The smallest absolute Gasteiger partial charge is 0.417 e. The van der Waals surface area contributed by atoms with Crippen molar-refractivity contribution in [2.45, 2.75) is 39.6 Å². The van der Waals surface area contributed by atoms with Crippen LogP contribution in [0.1, 0.15) is 37.8 Å². The fourth-order valence-electron chi connectivity index (χ4n) is 4.04. The van der Waals surface area contributed by atoms with Crippen molar-refractivity contribution in [3.8, 4) is 29.0 Å². The number of likely N-dealkylation sites (tertiary alicyclic amines) is 1. The van der Waals surface area contributed by atoms with Crippen molar-refractivity contribution in [3.63, 3.8) is 0 Å². The average molecular weight is 500 g/mol. The Morgan fingerprint density at radius 1 is 1.19 bits per heavy atom. The number of aromatic nitrogens is 2. The van der Waals surface area contributed by atoms with Gasteiger partial charge in [-0.15, -0.1) is 10.2 Å². The number of amides is 1. The first-order valence-corrected chi connectivity index (χ1v) is 11.1. The third-order valence-electron chi connectivity index (χ3n) is 5.70. The molecule has 1 unspecified atom stereocenters. The van der Waals surface area contributed by atoms with Crippen molar-refractivity contribution in [2.75, 3.05) is 13.2 Å². The van der Waals surface area contributed by atoms with Gasteiger partial charge in [-0.3, -0.25) is 4.79 Å². The summed E-state index contributed by atoms with van der Waals surface area (Å²) >= 11 is 0. The second kappa shape index (κ2) is 9.53. The van der Waals surface area contributed by atoms with Crippen LogP contribution in [0.3, 0.4) is 0 Å². The van der Waals surface area contributed by atoms with E-state index in [4.69, 9.17) is 19.2 Å². The van der Waals surface area contributed by atoms with E-state index in [0.717, 1.165) is 12.1 Å². The van der Waals surface area contributed by atoms with Gasteiger partial charge in [-0.2, -0.15) is 18.4 Å². The molecule has 0 saturated carbocycles. The highest BCUT2D eigenvalue weighted by Gasteiger charge is 2.48.